The van der Waals surface area contributed by atoms with Crippen molar-refractivity contribution in [3.63, 3.8) is 0 Å². The van der Waals surface area contributed by atoms with Crippen LogP contribution < -0.4 is 5.73 Å². The van der Waals surface area contributed by atoms with E-state index >= 15 is 0 Å². The number of aromatic nitrogens is 5. The van der Waals surface area contributed by atoms with Gasteiger partial charge in [-0.3, -0.25) is 4.68 Å². The standard InChI is InChI=1S/C12H13ClN6/c1-18-7-15-10(17-18)5-6-19-11-8(13)3-2-4-9(11)16-12(19)14/h2-4,7H,5-6H2,1H3,(H2,14,16). The summed E-state index contributed by atoms with van der Waals surface area (Å²) in [6.07, 6.45) is 2.36. The monoisotopic (exact) mass is 276 g/mol. The second-order valence-electron chi connectivity index (χ2n) is 4.31. The fraction of sp³-hybridized carbons (Fsp3) is 0.250. The Labute approximate surface area is 114 Å². The first kappa shape index (κ1) is 12.0. The molecular weight excluding hydrogens is 264 g/mol. The van der Waals surface area contributed by atoms with Crippen molar-refractivity contribution in [1.29, 1.82) is 0 Å². The maximum Gasteiger partial charge on any atom is 0.201 e. The fourth-order valence-electron chi connectivity index (χ4n) is 2.10. The minimum absolute atomic E-state index is 0.457. The van der Waals surface area contributed by atoms with E-state index < -0.39 is 0 Å². The number of fused-ring (bicyclic) bond motifs is 1. The molecule has 1 aromatic carbocycles. The van der Waals surface area contributed by atoms with Crippen LogP contribution in [0.5, 0.6) is 0 Å². The molecule has 0 aliphatic carbocycles. The molecule has 0 saturated carbocycles. The highest BCUT2D eigenvalue weighted by Crippen LogP contribution is 2.25. The van der Waals surface area contributed by atoms with Crippen molar-refractivity contribution in [2.45, 2.75) is 13.0 Å². The molecule has 0 unspecified atom stereocenters. The molecule has 0 atom stereocenters. The van der Waals surface area contributed by atoms with Gasteiger partial charge < -0.3 is 10.3 Å². The van der Waals surface area contributed by atoms with Crippen LogP contribution in [0.2, 0.25) is 5.02 Å². The van der Waals surface area contributed by atoms with Crippen LogP contribution in [0, 0.1) is 0 Å². The van der Waals surface area contributed by atoms with Gasteiger partial charge in [-0.25, -0.2) is 9.97 Å². The minimum atomic E-state index is 0.457. The Hall–Kier alpha value is -2.08. The molecule has 19 heavy (non-hydrogen) atoms. The highest BCUT2D eigenvalue weighted by Gasteiger charge is 2.11. The summed E-state index contributed by atoms with van der Waals surface area (Å²) in [7, 11) is 1.84. The minimum Gasteiger partial charge on any atom is -0.369 e. The Balaban J connectivity index is 1.94. The lowest BCUT2D eigenvalue weighted by atomic mass is 10.3. The van der Waals surface area contributed by atoms with Crippen molar-refractivity contribution in [1.82, 2.24) is 24.3 Å². The molecule has 2 aromatic heterocycles. The third-order valence-corrected chi connectivity index (χ3v) is 3.26. The number of hydrogen-bond acceptors (Lipinski definition) is 4. The Bertz CT molecular complexity index is 729. The van der Waals surface area contributed by atoms with E-state index in [-0.39, 0.29) is 0 Å². The van der Waals surface area contributed by atoms with E-state index in [2.05, 4.69) is 15.1 Å². The summed E-state index contributed by atoms with van der Waals surface area (Å²) >= 11 is 6.21. The number of nitrogens with zero attached hydrogens (tertiary/aromatic N) is 5. The van der Waals surface area contributed by atoms with Gasteiger partial charge in [0.15, 0.2) is 5.82 Å². The average molecular weight is 277 g/mol. The number of imidazole rings is 1. The molecule has 0 aliphatic rings. The van der Waals surface area contributed by atoms with Crippen LogP contribution in [0.3, 0.4) is 0 Å². The summed E-state index contributed by atoms with van der Waals surface area (Å²) in [4.78, 5) is 8.49. The molecule has 2 heterocycles. The molecule has 0 aliphatic heterocycles. The summed E-state index contributed by atoms with van der Waals surface area (Å²) < 4.78 is 3.58. The van der Waals surface area contributed by atoms with Gasteiger partial charge >= 0.3 is 0 Å². The Kier molecular flexibility index (Phi) is 2.87. The van der Waals surface area contributed by atoms with Crippen molar-refractivity contribution in [2.24, 2.45) is 7.05 Å². The summed E-state index contributed by atoms with van der Waals surface area (Å²) in [5.41, 5.74) is 7.60. The molecule has 3 rings (SSSR count). The number of nitrogens with two attached hydrogens (primary N) is 1. The van der Waals surface area contributed by atoms with Gasteiger partial charge in [0.1, 0.15) is 6.33 Å². The summed E-state index contributed by atoms with van der Waals surface area (Å²) in [6, 6.07) is 5.59. The number of halogens is 1. The van der Waals surface area contributed by atoms with Crippen LogP contribution in [0.25, 0.3) is 11.0 Å². The molecule has 0 bridgehead atoms. The number of para-hydroxylation sites is 1. The summed E-state index contributed by atoms with van der Waals surface area (Å²) in [6.45, 7) is 0.649. The van der Waals surface area contributed by atoms with Gasteiger partial charge in [-0.15, -0.1) is 0 Å². The molecule has 0 saturated heterocycles. The van der Waals surface area contributed by atoms with E-state index in [1.165, 1.54) is 0 Å². The van der Waals surface area contributed by atoms with Crippen LogP contribution in [0.4, 0.5) is 5.95 Å². The van der Waals surface area contributed by atoms with Gasteiger partial charge in [0, 0.05) is 20.0 Å². The summed E-state index contributed by atoms with van der Waals surface area (Å²) in [5.74, 6) is 1.23. The first-order valence-corrected chi connectivity index (χ1v) is 6.27. The number of benzene rings is 1. The zero-order valence-corrected chi connectivity index (χ0v) is 11.2. The molecular formula is C12H13ClN6. The van der Waals surface area contributed by atoms with Gasteiger partial charge in [0.25, 0.3) is 0 Å². The van der Waals surface area contributed by atoms with Crippen molar-refractivity contribution < 1.29 is 0 Å². The van der Waals surface area contributed by atoms with Crippen LogP contribution in [0.1, 0.15) is 5.82 Å². The van der Waals surface area contributed by atoms with Crippen LogP contribution in [0.15, 0.2) is 24.5 Å². The normalized spacial score (nSPS) is 11.3. The van der Waals surface area contributed by atoms with Crippen molar-refractivity contribution in [2.75, 3.05) is 5.73 Å². The lowest BCUT2D eigenvalue weighted by Crippen LogP contribution is -2.07. The van der Waals surface area contributed by atoms with Crippen LogP contribution in [-0.2, 0) is 20.0 Å². The molecule has 98 valence electrons. The van der Waals surface area contributed by atoms with E-state index in [9.17, 15) is 0 Å². The average Bonchev–Trinajstić information content (AvgIpc) is 2.91. The molecule has 0 radical (unpaired) electrons. The first-order chi connectivity index (χ1) is 9.15. The van der Waals surface area contributed by atoms with Gasteiger partial charge in [-0.05, 0) is 12.1 Å². The smallest absolute Gasteiger partial charge is 0.201 e. The third kappa shape index (κ3) is 2.15. The quantitative estimate of drug-likeness (QED) is 0.789. The molecule has 3 aromatic rings. The number of aryl methyl sites for hydroxylation is 3. The van der Waals surface area contributed by atoms with E-state index in [0.29, 0.717) is 23.9 Å². The molecule has 0 fully saturated rings. The van der Waals surface area contributed by atoms with E-state index in [4.69, 9.17) is 17.3 Å². The van der Waals surface area contributed by atoms with Gasteiger partial charge in [0.2, 0.25) is 5.95 Å². The predicted octanol–water partition coefficient (Wildman–Crippen LogP) is 1.64. The zero-order chi connectivity index (χ0) is 13.4. The van der Waals surface area contributed by atoms with Gasteiger partial charge in [0.05, 0.1) is 16.1 Å². The molecule has 0 amide bonds. The maximum absolute atomic E-state index is 6.21. The van der Waals surface area contributed by atoms with Crippen LogP contribution in [-0.4, -0.2) is 24.3 Å². The van der Waals surface area contributed by atoms with Crippen molar-refractivity contribution >= 4 is 28.6 Å². The molecule has 2 N–H and O–H groups in total. The second kappa shape index (κ2) is 4.55. The lowest BCUT2D eigenvalue weighted by Gasteiger charge is -2.05. The molecule has 6 nitrogen and oxygen atoms in total. The second-order valence-corrected chi connectivity index (χ2v) is 4.72. The Morgan fingerprint density at radius 2 is 2.21 bits per heavy atom. The van der Waals surface area contributed by atoms with E-state index in [1.807, 2.05) is 29.8 Å². The maximum atomic E-state index is 6.21. The summed E-state index contributed by atoms with van der Waals surface area (Å²) in [5, 5.41) is 4.89. The number of hydrogen-bond donors (Lipinski definition) is 1. The third-order valence-electron chi connectivity index (χ3n) is 2.95. The lowest BCUT2D eigenvalue weighted by molar-refractivity contribution is 0.677. The predicted molar refractivity (Wildman–Crippen MR) is 73.9 cm³/mol. The van der Waals surface area contributed by atoms with Gasteiger partial charge in [-0.2, -0.15) is 5.10 Å². The largest absolute Gasteiger partial charge is 0.369 e. The fourth-order valence-corrected chi connectivity index (χ4v) is 2.37. The Morgan fingerprint density at radius 3 is 2.95 bits per heavy atom. The van der Waals surface area contributed by atoms with Crippen molar-refractivity contribution in [3.8, 4) is 0 Å². The Morgan fingerprint density at radius 1 is 1.37 bits per heavy atom. The SMILES string of the molecule is Cn1cnc(CCn2c(N)nc3cccc(Cl)c32)n1. The molecule has 0 spiro atoms. The number of nitrogen functional groups attached to an aromatic ring is 1. The number of anilines is 1. The van der Waals surface area contributed by atoms with E-state index in [0.717, 1.165) is 16.9 Å². The topological polar surface area (TPSA) is 74.5 Å². The number of rotatable bonds is 3. The highest BCUT2D eigenvalue weighted by atomic mass is 35.5. The zero-order valence-electron chi connectivity index (χ0n) is 10.4. The van der Waals surface area contributed by atoms with Crippen molar-refractivity contribution in [3.05, 3.63) is 35.4 Å². The van der Waals surface area contributed by atoms with Gasteiger partial charge in [-0.1, -0.05) is 17.7 Å². The van der Waals surface area contributed by atoms with Crippen LogP contribution >= 0.6 is 11.6 Å². The first-order valence-electron chi connectivity index (χ1n) is 5.90. The van der Waals surface area contributed by atoms with E-state index in [1.54, 1.807) is 11.0 Å². The molecule has 7 heteroatoms. The highest BCUT2D eigenvalue weighted by molar-refractivity contribution is 6.35.